The molecule has 0 atom stereocenters. The van der Waals surface area contributed by atoms with Gasteiger partial charge in [-0.3, -0.25) is 9.59 Å². The molecule has 0 saturated heterocycles. The molecule has 2 rings (SSSR count). The third-order valence-electron chi connectivity index (χ3n) is 3.84. The van der Waals surface area contributed by atoms with Gasteiger partial charge in [0.2, 0.25) is 5.88 Å². The van der Waals surface area contributed by atoms with E-state index < -0.39 is 11.4 Å². The summed E-state index contributed by atoms with van der Waals surface area (Å²) < 4.78 is 5.57. The van der Waals surface area contributed by atoms with Gasteiger partial charge in [-0.1, -0.05) is 30.3 Å². The predicted octanol–water partition coefficient (Wildman–Crippen LogP) is 2.89. The number of carboxylic acid groups (broad SMARTS) is 1. The van der Waals surface area contributed by atoms with Gasteiger partial charge in [0.15, 0.2) is 0 Å². The van der Waals surface area contributed by atoms with Gasteiger partial charge in [-0.05, 0) is 31.9 Å². The second-order valence-electron chi connectivity index (χ2n) is 6.35. The summed E-state index contributed by atoms with van der Waals surface area (Å²) >= 11 is 0. The van der Waals surface area contributed by atoms with Crippen LogP contribution in [0.2, 0.25) is 0 Å². The number of pyridine rings is 1. The fourth-order valence-corrected chi connectivity index (χ4v) is 2.03. The molecule has 0 aliphatic rings. The van der Waals surface area contributed by atoms with Crippen molar-refractivity contribution in [3.05, 3.63) is 59.8 Å². The molecule has 6 nitrogen and oxygen atoms in total. The number of nitrogens with zero attached hydrogens (tertiary/aromatic N) is 1. The molecule has 1 heterocycles. The van der Waals surface area contributed by atoms with Crippen molar-refractivity contribution >= 4 is 11.9 Å². The zero-order valence-corrected chi connectivity index (χ0v) is 14.4. The largest absolute Gasteiger partial charge is 0.481 e. The first kappa shape index (κ1) is 18.4. The lowest BCUT2D eigenvalue weighted by Gasteiger charge is -2.18. The standard InChI is InChI=1S/C19H22N2O4/c1-19(2,18(23)24)10-11-20-17(22)15-8-9-16(21-12-15)25-13-14-6-4-3-5-7-14/h3-9,12H,10-11,13H2,1-2H3,(H,20,22)(H,23,24). The average molecular weight is 342 g/mol. The van der Waals surface area contributed by atoms with Crippen LogP contribution in [0.3, 0.4) is 0 Å². The minimum Gasteiger partial charge on any atom is -0.481 e. The third kappa shape index (κ3) is 5.60. The van der Waals surface area contributed by atoms with E-state index in [0.717, 1.165) is 5.56 Å². The molecule has 2 aromatic rings. The maximum absolute atomic E-state index is 12.1. The van der Waals surface area contributed by atoms with E-state index in [1.165, 1.54) is 6.20 Å². The van der Waals surface area contributed by atoms with Crippen molar-refractivity contribution in [1.29, 1.82) is 0 Å². The van der Waals surface area contributed by atoms with E-state index in [1.807, 2.05) is 30.3 Å². The molecule has 1 amide bonds. The smallest absolute Gasteiger partial charge is 0.309 e. The van der Waals surface area contributed by atoms with Crippen molar-refractivity contribution < 1.29 is 19.4 Å². The number of carbonyl (C=O) groups excluding carboxylic acids is 1. The van der Waals surface area contributed by atoms with Crippen molar-refractivity contribution in [3.63, 3.8) is 0 Å². The quantitative estimate of drug-likeness (QED) is 0.770. The first-order valence-electron chi connectivity index (χ1n) is 8.03. The number of aromatic nitrogens is 1. The summed E-state index contributed by atoms with van der Waals surface area (Å²) in [6, 6.07) is 13.0. The molecule has 0 saturated carbocycles. The molecule has 132 valence electrons. The van der Waals surface area contributed by atoms with Crippen molar-refractivity contribution in [2.75, 3.05) is 6.54 Å². The van der Waals surface area contributed by atoms with Crippen LogP contribution in [0.1, 0.15) is 36.2 Å². The molecule has 1 aromatic heterocycles. The maximum atomic E-state index is 12.1. The zero-order chi connectivity index (χ0) is 18.3. The Bertz CT molecular complexity index is 712. The summed E-state index contributed by atoms with van der Waals surface area (Å²) in [6.45, 7) is 3.94. The van der Waals surface area contributed by atoms with Crippen LogP contribution in [0.4, 0.5) is 0 Å². The second kappa shape index (κ2) is 8.28. The lowest BCUT2D eigenvalue weighted by Crippen LogP contribution is -2.32. The molecule has 1 aromatic carbocycles. The normalized spacial score (nSPS) is 11.0. The molecule has 0 spiro atoms. The predicted molar refractivity (Wildman–Crippen MR) is 93.4 cm³/mol. The van der Waals surface area contributed by atoms with Crippen molar-refractivity contribution in [2.45, 2.75) is 26.9 Å². The number of ether oxygens (including phenoxy) is 1. The molecule has 0 aliphatic carbocycles. The molecular formula is C19H22N2O4. The molecule has 0 unspecified atom stereocenters. The van der Waals surface area contributed by atoms with E-state index in [4.69, 9.17) is 9.84 Å². The molecule has 0 aliphatic heterocycles. The van der Waals surface area contributed by atoms with E-state index in [-0.39, 0.29) is 12.5 Å². The molecule has 0 radical (unpaired) electrons. The summed E-state index contributed by atoms with van der Waals surface area (Å²) in [5.41, 5.74) is 0.563. The molecular weight excluding hydrogens is 320 g/mol. The van der Waals surface area contributed by atoms with Crippen LogP contribution in [-0.4, -0.2) is 28.5 Å². The Balaban J connectivity index is 1.82. The summed E-state index contributed by atoms with van der Waals surface area (Å²) in [4.78, 5) is 27.2. The highest BCUT2D eigenvalue weighted by Gasteiger charge is 2.26. The fourth-order valence-electron chi connectivity index (χ4n) is 2.03. The number of hydrogen-bond donors (Lipinski definition) is 2. The lowest BCUT2D eigenvalue weighted by molar-refractivity contribution is -0.147. The molecule has 6 heteroatoms. The van der Waals surface area contributed by atoms with E-state index >= 15 is 0 Å². The summed E-state index contributed by atoms with van der Waals surface area (Å²) in [7, 11) is 0. The lowest BCUT2D eigenvalue weighted by atomic mass is 9.90. The average Bonchev–Trinajstić information content (AvgIpc) is 2.61. The molecule has 25 heavy (non-hydrogen) atoms. The van der Waals surface area contributed by atoms with Crippen LogP contribution in [0.15, 0.2) is 48.7 Å². The SMILES string of the molecule is CC(C)(CCNC(=O)c1ccc(OCc2ccccc2)nc1)C(=O)O. The number of aliphatic carboxylic acids is 1. The van der Waals surface area contributed by atoms with Gasteiger partial charge >= 0.3 is 5.97 Å². The van der Waals surface area contributed by atoms with Crippen molar-refractivity contribution in [1.82, 2.24) is 10.3 Å². The number of hydrogen-bond acceptors (Lipinski definition) is 4. The Morgan fingerprint density at radius 1 is 1.16 bits per heavy atom. The number of amides is 1. The van der Waals surface area contributed by atoms with Crippen LogP contribution in [0.5, 0.6) is 5.88 Å². The number of benzene rings is 1. The van der Waals surface area contributed by atoms with E-state index in [2.05, 4.69) is 10.3 Å². The molecule has 0 bridgehead atoms. The highest BCUT2D eigenvalue weighted by atomic mass is 16.5. The third-order valence-corrected chi connectivity index (χ3v) is 3.84. The summed E-state index contributed by atoms with van der Waals surface area (Å²) in [6.07, 6.45) is 1.79. The topological polar surface area (TPSA) is 88.5 Å². The summed E-state index contributed by atoms with van der Waals surface area (Å²) in [5.74, 6) is -0.737. The van der Waals surface area contributed by atoms with Crippen LogP contribution in [0.25, 0.3) is 0 Å². The Morgan fingerprint density at radius 3 is 2.48 bits per heavy atom. The Labute approximate surface area is 146 Å². The fraction of sp³-hybridized carbons (Fsp3) is 0.316. The number of nitrogens with one attached hydrogen (secondary N) is 1. The van der Waals surface area contributed by atoms with Gasteiger partial charge in [0.05, 0.1) is 11.0 Å². The Kier molecular flexibility index (Phi) is 6.11. The van der Waals surface area contributed by atoms with E-state index in [0.29, 0.717) is 24.5 Å². The van der Waals surface area contributed by atoms with Gasteiger partial charge in [-0.2, -0.15) is 0 Å². The van der Waals surface area contributed by atoms with Crippen LogP contribution in [0, 0.1) is 5.41 Å². The van der Waals surface area contributed by atoms with Crippen LogP contribution < -0.4 is 10.1 Å². The van der Waals surface area contributed by atoms with Gasteiger partial charge in [0.1, 0.15) is 6.61 Å². The van der Waals surface area contributed by atoms with E-state index in [9.17, 15) is 9.59 Å². The van der Waals surface area contributed by atoms with Gasteiger partial charge in [0, 0.05) is 18.8 Å². The van der Waals surface area contributed by atoms with Gasteiger partial charge < -0.3 is 15.2 Å². The van der Waals surface area contributed by atoms with Crippen molar-refractivity contribution in [2.24, 2.45) is 5.41 Å². The van der Waals surface area contributed by atoms with Crippen LogP contribution >= 0.6 is 0 Å². The monoisotopic (exact) mass is 342 g/mol. The van der Waals surface area contributed by atoms with Gasteiger partial charge in [0.25, 0.3) is 5.91 Å². The molecule has 0 fully saturated rings. The van der Waals surface area contributed by atoms with Gasteiger partial charge in [-0.25, -0.2) is 4.98 Å². The summed E-state index contributed by atoms with van der Waals surface area (Å²) in [5, 5.41) is 11.8. The number of rotatable bonds is 8. The second-order valence-corrected chi connectivity index (χ2v) is 6.35. The molecule has 2 N–H and O–H groups in total. The first-order chi connectivity index (χ1) is 11.9. The highest BCUT2D eigenvalue weighted by molar-refractivity contribution is 5.93. The van der Waals surface area contributed by atoms with Crippen LogP contribution in [-0.2, 0) is 11.4 Å². The number of carbonyl (C=O) groups is 2. The minimum absolute atomic E-state index is 0.282. The zero-order valence-electron chi connectivity index (χ0n) is 14.4. The minimum atomic E-state index is -0.886. The van der Waals surface area contributed by atoms with E-state index in [1.54, 1.807) is 26.0 Å². The first-order valence-corrected chi connectivity index (χ1v) is 8.03. The number of carboxylic acids is 1. The maximum Gasteiger partial charge on any atom is 0.309 e. The Hall–Kier alpha value is -2.89. The highest BCUT2D eigenvalue weighted by Crippen LogP contribution is 2.19. The van der Waals surface area contributed by atoms with Gasteiger partial charge in [-0.15, -0.1) is 0 Å². The van der Waals surface area contributed by atoms with Crippen molar-refractivity contribution in [3.8, 4) is 5.88 Å². The Morgan fingerprint density at radius 2 is 1.88 bits per heavy atom.